The average molecular weight is 463 g/mol. The van der Waals surface area contributed by atoms with E-state index in [0.717, 1.165) is 0 Å². The Kier molecular flexibility index (Phi) is 7.34. The number of allylic oxidation sites excluding steroid dienone is 1. The second-order valence-corrected chi connectivity index (χ2v) is 7.40. The summed E-state index contributed by atoms with van der Waals surface area (Å²) in [7, 11) is 0. The van der Waals surface area contributed by atoms with Crippen molar-refractivity contribution in [3.8, 4) is 11.3 Å². The molecular formula is C20H19ClF4N2O4. The van der Waals surface area contributed by atoms with E-state index >= 15 is 0 Å². The lowest BCUT2D eigenvalue weighted by molar-refractivity contribution is -0.357. The SMILES string of the molecule is C=C(CCc1ncc(-c2ccc(Cl)c(F)c2)o1)NC(=O)CO[C@H]1C[C@@H](OC(F)(F)F)C1. The van der Waals surface area contributed by atoms with E-state index < -0.39 is 30.3 Å². The minimum Gasteiger partial charge on any atom is -0.441 e. The van der Waals surface area contributed by atoms with Gasteiger partial charge in [0, 0.05) is 30.5 Å². The molecule has 0 aliphatic heterocycles. The van der Waals surface area contributed by atoms with Gasteiger partial charge in [-0.25, -0.2) is 9.37 Å². The predicted molar refractivity (Wildman–Crippen MR) is 102 cm³/mol. The molecule has 1 aromatic heterocycles. The molecule has 0 bridgehead atoms. The van der Waals surface area contributed by atoms with E-state index in [2.05, 4.69) is 21.6 Å². The van der Waals surface area contributed by atoms with E-state index in [0.29, 0.717) is 35.8 Å². The molecule has 1 amide bonds. The van der Waals surface area contributed by atoms with Crippen LogP contribution in [0.1, 0.15) is 25.2 Å². The number of carbonyl (C=O) groups is 1. The number of halogens is 5. The Bertz CT molecular complexity index is 942. The Morgan fingerprint density at radius 2 is 2.06 bits per heavy atom. The minimum absolute atomic E-state index is 0.00581. The molecule has 1 heterocycles. The van der Waals surface area contributed by atoms with Gasteiger partial charge in [-0.15, -0.1) is 13.2 Å². The third-order valence-electron chi connectivity index (χ3n) is 4.52. The van der Waals surface area contributed by atoms with Gasteiger partial charge in [0.1, 0.15) is 12.4 Å². The smallest absolute Gasteiger partial charge is 0.441 e. The van der Waals surface area contributed by atoms with Crippen LogP contribution in [0, 0.1) is 5.82 Å². The van der Waals surface area contributed by atoms with Crippen LogP contribution in [0.2, 0.25) is 5.02 Å². The molecule has 0 atom stereocenters. The fourth-order valence-corrected chi connectivity index (χ4v) is 3.01. The van der Waals surface area contributed by atoms with Crippen LogP contribution in [0.25, 0.3) is 11.3 Å². The Hall–Kier alpha value is -2.43. The molecule has 1 aliphatic rings. The molecule has 2 aromatic rings. The van der Waals surface area contributed by atoms with Gasteiger partial charge in [-0.1, -0.05) is 18.2 Å². The summed E-state index contributed by atoms with van der Waals surface area (Å²) < 4.78 is 64.4. The first-order valence-electron chi connectivity index (χ1n) is 9.33. The maximum absolute atomic E-state index is 13.6. The number of aromatic nitrogens is 1. The van der Waals surface area contributed by atoms with Crippen LogP contribution in [0.3, 0.4) is 0 Å². The summed E-state index contributed by atoms with van der Waals surface area (Å²) in [5.41, 5.74) is 0.890. The molecule has 0 radical (unpaired) electrons. The van der Waals surface area contributed by atoms with Gasteiger partial charge >= 0.3 is 6.36 Å². The van der Waals surface area contributed by atoms with E-state index in [-0.39, 0.29) is 24.5 Å². The van der Waals surface area contributed by atoms with Crippen molar-refractivity contribution in [2.75, 3.05) is 6.61 Å². The summed E-state index contributed by atoms with van der Waals surface area (Å²) in [6.45, 7) is 3.45. The number of amides is 1. The largest absolute Gasteiger partial charge is 0.522 e. The normalized spacial score (nSPS) is 18.5. The molecule has 1 saturated carbocycles. The number of carbonyl (C=O) groups excluding carboxylic acids is 1. The summed E-state index contributed by atoms with van der Waals surface area (Å²) >= 11 is 5.66. The lowest BCUT2D eigenvalue weighted by atomic mass is 9.92. The molecule has 168 valence electrons. The zero-order valence-corrected chi connectivity index (χ0v) is 16.9. The van der Waals surface area contributed by atoms with Gasteiger partial charge in [0.15, 0.2) is 11.7 Å². The Labute approximate surface area is 180 Å². The van der Waals surface area contributed by atoms with Crippen LogP contribution >= 0.6 is 11.6 Å². The van der Waals surface area contributed by atoms with Crippen molar-refractivity contribution in [3.63, 3.8) is 0 Å². The van der Waals surface area contributed by atoms with Crippen LogP contribution in [-0.2, 0) is 20.7 Å². The third-order valence-corrected chi connectivity index (χ3v) is 4.82. The zero-order chi connectivity index (χ0) is 22.6. The number of hydrogen-bond acceptors (Lipinski definition) is 5. The number of rotatable bonds is 9. The number of hydrogen-bond donors (Lipinski definition) is 1. The molecule has 0 spiro atoms. The molecule has 1 aromatic carbocycles. The molecule has 6 nitrogen and oxygen atoms in total. The summed E-state index contributed by atoms with van der Waals surface area (Å²) in [5, 5.41) is 2.56. The van der Waals surface area contributed by atoms with Crippen molar-refractivity contribution in [2.24, 2.45) is 0 Å². The van der Waals surface area contributed by atoms with Gasteiger partial charge in [-0.2, -0.15) is 0 Å². The van der Waals surface area contributed by atoms with E-state index in [4.69, 9.17) is 20.8 Å². The molecule has 0 saturated heterocycles. The number of oxazole rings is 1. The van der Waals surface area contributed by atoms with Gasteiger partial charge in [-0.3, -0.25) is 9.53 Å². The van der Waals surface area contributed by atoms with Crippen molar-refractivity contribution in [1.29, 1.82) is 0 Å². The van der Waals surface area contributed by atoms with Gasteiger partial charge < -0.3 is 14.5 Å². The second kappa shape index (κ2) is 9.80. The maximum atomic E-state index is 13.6. The van der Waals surface area contributed by atoms with Gasteiger partial charge in [0.25, 0.3) is 0 Å². The highest BCUT2D eigenvalue weighted by molar-refractivity contribution is 6.30. The minimum atomic E-state index is -4.67. The van der Waals surface area contributed by atoms with Gasteiger partial charge in [-0.05, 0) is 24.6 Å². The number of benzene rings is 1. The topological polar surface area (TPSA) is 73.6 Å². The number of ether oxygens (including phenoxy) is 2. The van der Waals surface area contributed by atoms with E-state index in [1.807, 2.05) is 0 Å². The third kappa shape index (κ3) is 7.05. The predicted octanol–water partition coefficient (Wildman–Crippen LogP) is 4.78. The van der Waals surface area contributed by atoms with Crippen molar-refractivity contribution in [1.82, 2.24) is 10.3 Å². The van der Waals surface area contributed by atoms with E-state index in [1.165, 1.54) is 18.3 Å². The first-order valence-corrected chi connectivity index (χ1v) is 9.71. The average Bonchev–Trinajstić information content (AvgIpc) is 3.12. The first-order chi connectivity index (χ1) is 14.6. The second-order valence-electron chi connectivity index (χ2n) is 6.99. The molecular weight excluding hydrogens is 444 g/mol. The highest BCUT2D eigenvalue weighted by atomic mass is 35.5. The molecule has 3 rings (SSSR count). The number of nitrogens with one attached hydrogen (secondary N) is 1. The monoisotopic (exact) mass is 462 g/mol. The molecule has 1 aliphatic carbocycles. The van der Waals surface area contributed by atoms with Crippen molar-refractivity contribution >= 4 is 17.5 Å². The van der Waals surface area contributed by atoms with Crippen LogP contribution in [0.5, 0.6) is 0 Å². The quantitative estimate of drug-likeness (QED) is 0.543. The summed E-state index contributed by atoms with van der Waals surface area (Å²) in [5.74, 6) is -0.278. The van der Waals surface area contributed by atoms with Gasteiger partial charge in [0.05, 0.1) is 23.4 Å². The molecule has 11 heteroatoms. The van der Waals surface area contributed by atoms with Crippen molar-refractivity contribution in [3.05, 3.63) is 53.4 Å². The van der Waals surface area contributed by atoms with Gasteiger partial charge in [0.2, 0.25) is 5.91 Å². The van der Waals surface area contributed by atoms with Crippen LogP contribution in [0.4, 0.5) is 17.6 Å². The summed E-state index contributed by atoms with van der Waals surface area (Å²) in [6.07, 6.45) is -3.75. The highest BCUT2D eigenvalue weighted by Crippen LogP contribution is 2.32. The van der Waals surface area contributed by atoms with Crippen LogP contribution < -0.4 is 5.32 Å². The fourth-order valence-electron chi connectivity index (χ4n) is 2.89. The van der Waals surface area contributed by atoms with Crippen molar-refractivity contribution < 1.29 is 36.2 Å². The highest BCUT2D eigenvalue weighted by Gasteiger charge is 2.40. The zero-order valence-electron chi connectivity index (χ0n) is 16.2. The van der Waals surface area contributed by atoms with Crippen LogP contribution in [0.15, 0.2) is 41.1 Å². The Morgan fingerprint density at radius 1 is 1.32 bits per heavy atom. The van der Waals surface area contributed by atoms with E-state index in [9.17, 15) is 22.4 Å². The Balaban J connectivity index is 1.35. The molecule has 1 N–H and O–H groups in total. The molecule has 31 heavy (non-hydrogen) atoms. The standard InChI is InChI=1S/C20H19ClF4N2O4/c1-11(27-18(28)10-29-13-7-14(8-13)31-20(23,24)25)2-5-19-26-9-17(30-19)12-3-4-15(21)16(22)6-12/h3-4,6,9,13-14H,1-2,5,7-8,10H2,(H,27,28)/t13-,14+. The molecule has 1 fully saturated rings. The number of aryl methyl sites for hydroxylation is 1. The van der Waals surface area contributed by atoms with E-state index in [1.54, 1.807) is 6.07 Å². The fraction of sp³-hybridized carbons (Fsp3) is 0.400. The molecule has 0 unspecified atom stereocenters. The number of nitrogens with zero attached hydrogens (tertiary/aromatic N) is 1. The number of alkyl halides is 3. The Morgan fingerprint density at radius 3 is 2.74 bits per heavy atom. The lowest BCUT2D eigenvalue weighted by Gasteiger charge is -2.34. The lowest BCUT2D eigenvalue weighted by Crippen LogP contribution is -2.42. The maximum Gasteiger partial charge on any atom is 0.522 e. The summed E-state index contributed by atoms with van der Waals surface area (Å²) in [4.78, 5) is 16.0. The van der Waals surface area contributed by atoms with Crippen LogP contribution in [-0.4, -0.2) is 36.1 Å². The first kappa shape index (κ1) is 23.2. The summed E-state index contributed by atoms with van der Waals surface area (Å²) in [6, 6.07) is 4.26. The van der Waals surface area contributed by atoms with Crippen molar-refractivity contribution in [2.45, 2.75) is 44.3 Å².